The fourth-order valence-electron chi connectivity index (χ4n) is 2.40. The highest BCUT2D eigenvalue weighted by molar-refractivity contribution is 9.11. The molecule has 3 rings (SSSR count). The number of amides is 1. The SMILES string of the molecule is CC1CN(C(=O)c2ccc(Br)s2)c2ccccc2CN1. The zero-order valence-corrected chi connectivity index (χ0v) is 13.5. The van der Waals surface area contributed by atoms with Crippen LogP contribution in [-0.2, 0) is 6.54 Å². The van der Waals surface area contributed by atoms with E-state index >= 15 is 0 Å². The first-order valence-corrected chi connectivity index (χ1v) is 8.14. The van der Waals surface area contributed by atoms with Crippen LogP contribution in [0, 0.1) is 0 Å². The van der Waals surface area contributed by atoms with Gasteiger partial charge in [0.25, 0.3) is 5.91 Å². The Balaban J connectivity index is 2.00. The Bertz CT molecular complexity index is 640. The van der Waals surface area contributed by atoms with E-state index in [2.05, 4.69) is 34.2 Å². The van der Waals surface area contributed by atoms with Gasteiger partial charge in [-0.2, -0.15) is 0 Å². The minimum absolute atomic E-state index is 0.0729. The third kappa shape index (κ3) is 2.66. The van der Waals surface area contributed by atoms with Gasteiger partial charge in [0.05, 0.1) is 8.66 Å². The lowest BCUT2D eigenvalue weighted by molar-refractivity contribution is 0.0989. The van der Waals surface area contributed by atoms with Gasteiger partial charge in [-0.05, 0) is 46.6 Å². The van der Waals surface area contributed by atoms with Crippen molar-refractivity contribution < 1.29 is 4.79 Å². The number of anilines is 1. The van der Waals surface area contributed by atoms with E-state index in [9.17, 15) is 4.79 Å². The molecule has 0 aliphatic carbocycles. The van der Waals surface area contributed by atoms with E-state index in [-0.39, 0.29) is 11.9 Å². The van der Waals surface area contributed by atoms with Gasteiger partial charge < -0.3 is 10.2 Å². The monoisotopic (exact) mass is 350 g/mol. The molecule has 0 spiro atoms. The molecule has 1 aliphatic rings. The van der Waals surface area contributed by atoms with Crippen molar-refractivity contribution in [3.05, 3.63) is 50.6 Å². The summed E-state index contributed by atoms with van der Waals surface area (Å²) in [7, 11) is 0. The molecule has 1 atom stereocenters. The molecule has 1 unspecified atom stereocenters. The molecule has 1 aromatic carbocycles. The molecule has 2 heterocycles. The van der Waals surface area contributed by atoms with Gasteiger partial charge in [0.1, 0.15) is 0 Å². The summed E-state index contributed by atoms with van der Waals surface area (Å²) < 4.78 is 0.982. The topological polar surface area (TPSA) is 32.3 Å². The Labute approximate surface area is 130 Å². The molecule has 1 N–H and O–H groups in total. The molecule has 0 saturated carbocycles. The maximum Gasteiger partial charge on any atom is 0.268 e. The average molecular weight is 351 g/mol. The van der Waals surface area contributed by atoms with Crippen LogP contribution in [0.25, 0.3) is 0 Å². The predicted octanol–water partition coefficient (Wildman–Crippen LogP) is 3.65. The first-order valence-electron chi connectivity index (χ1n) is 6.53. The van der Waals surface area contributed by atoms with Crippen molar-refractivity contribution >= 4 is 38.9 Å². The number of halogens is 1. The molecule has 1 aromatic heterocycles. The van der Waals surface area contributed by atoms with Crippen molar-refractivity contribution in [2.45, 2.75) is 19.5 Å². The largest absolute Gasteiger partial charge is 0.308 e. The first kappa shape index (κ1) is 13.8. The molecule has 20 heavy (non-hydrogen) atoms. The van der Waals surface area contributed by atoms with Crippen LogP contribution >= 0.6 is 27.3 Å². The number of thiophene rings is 1. The second-order valence-corrected chi connectivity index (χ2v) is 7.39. The van der Waals surface area contributed by atoms with E-state index in [0.29, 0.717) is 6.54 Å². The number of rotatable bonds is 1. The van der Waals surface area contributed by atoms with Crippen LogP contribution in [-0.4, -0.2) is 18.5 Å². The zero-order chi connectivity index (χ0) is 14.1. The molecule has 5 heteroatoms. The maximum atomic E-state index is 12.8. The summed E-state index contributed by atoms with van der Waals surface area (Å²) in [6.07, 6.45) is 0. The van der Waals surface area contributed by atoms with Gasteiger partial charge in [0.2, 0.25) is 0 Å². The third-order valence-electron chi connectivity index (χ3n) is 3.41. The lowest BCUT2D eigenvalue weighted by Gasteiger charge is -2.23. The molecule has 0 saturated heterocycles. The number of nitrogens with one attached hydrogen (secondary N) is 1. The summed E-state index contributed by atoms with van der Waals surface area (Å²) in [5.74, 6) is 0.0729. The first-order chi connectivity index (χ1) is 9.65. The molecule has 0 fully saturated rings. The van der Waals surface area contributed by atoms with Crippen LogP contribution in [0.15, 0.2) is 40.2 Å². The van der Waals surface area contributed by atoms with Crippen LogP contribution in [0.2, 0.25) is 0 Å². The molecular formula is C15H15BrN2OS. The number of nitrogens with zero attached hydrogens (tertiary/aromatic N) is 1. The summed E-state index contributed by atoms with van der Waals surface area (Å²) in [4.78, 5) is 15.4. The van der Waals surface area contributed by atoms with Crippen LogP contribution in [0.1, 0.15) is 22.2 Å². The van der Waals surface area contributed by atoms with Gasteiger partial charge in [0.15, 0.2) is 0 Å². The van der Waals surface area contributed by atoms with Gasteiger partial charge in [-0.25, -0.2) is 0 Å². The number of para-hydroxylation sites is 1. The minimum Gasteiger partial charge on any atom is -0.308 e. The van der Waals surface area contributed by atoms with Crippen molar-refractivity contribution in [1.29, 1.82) is 0 Å². The van der Waals surface area contributed by atoms with E-state index < -0.39 is 0 Å². The van der Waals surface area contributed by atoms with Gasteiger partial charge in [0, 0.05) is 24.8 Å². The third-order valence-corrected chi connectivity index (χ3v) is 5.02. The Kier molecular flexibility index (Phi) is 3.92. The van der Waals surface area contributed by atoms with E-state index in [1.54, 1.807) is 0 Å². The summed E-state index contributed by atoms with van der Waals surface area (Å²) in [6.45, 7) is 3.59. The Morgan fingerprint density at radius 2 is 2.15 bits per heavy atom. The lowest BCUT2D eigenvalue weighted by Crippen LogP contribution is -2.39. The van der Waals surface area contributed by atoms with Crippen molar-refractivity contribution in [2.24, 2.45) is 0 Å². The summed E-state index contributed by atoms with van der Waals surface area (Å²) in [5.41, 5.74) is 2.18. The van der Waals surface area contributed by atoms with Crippen molar-refractivity contribution in [3.63, 3.8) is 0 Å². The quantitative estimate of drug-likeness (QED) is 0.851. The van der Waals surface area contributed by atoms with Crippen LogP contribution in [0.3, 0.4) is 0 Å². The average Bonchev–Trinajstić information content (AvgIpc) is 2.81. The van der Waals surface area contributed by atoms with Gasteiger partial charge >= 0.3 is 0 Å². The van der Waals surface area contributed by atoms with E-state index in [1.807, 2.05) is 35.2 Å². The zero-order valence-electron chi connectivity index (χ0n) is 11.1. The Morgan fingerprint density at radius 3 is 2.90 bits per heavy atom. The van der Waals surface area contributed by atoms with Gasteiger partial charge in [-0.1, -0.05) is 18.2 Å². The van der Waals surface area contributed by atoms with Crippen LogP contribution in [0.4, 0.5) is 5.69 Å². The fourth-order valence-corrected chi connectivity index (χ4v) is 3.73. The Hall–Kier alpha value is -1.17. The molecule has 3 nitrogen and oxygen atoms in total. The molecule has 1 amide bonds. The number of fused-ring (bicyclic) bond motifs is 1. The molecule has 2 aromatic rings. The Morgan fingerprint density at radius 1 is 1.35 bits per heavy atom. The predicted molar refractivity (Wildman–Crippen MR) is 86.4 cm³/mol. The number of carbonyl (C=O) groups excluding carboxylic acids is 1. The highest BCUT2D eigenvalue weighted by Crippen LogP contribution is 2.28. The van der Waals surface area contributed by atoms with Crippen molar-refractivity contribution in [3.8, 4) is 0 Å². The van der Waals surface area contributed by atoms with Crippen molar-refractivity contribution in [2.75, 3.05) is 11.4 Å². The van der Waals surface area contributed by atoms with Crippen molar-refractivity contribution in [1.82, 2.24) is 5.32 Å². The molecule has 0 bridgehead atoms. The van der Waals surface area contributed by atoms with E-state index in [1.165, 1.54) is 16.9 Å². The van der Waals surface area contributed by atoms with Gasteiger partial charge in [-0.3, -0.25) is 4.79 Å². The second kappa shape index (κ2) is 5.68. The fraction of sp³-hybridized carbons (Fsp3) is 0.267. The van der Waals surface area contributed by atoms with Crippen LogP contribution < -0.4 is 10.2 Å². The molecular weight excluding hydrogens is 336 g/mol. The summed E-state index contributed by atoms with van der Waals surface area (Å²) >= 11 is 4.90. The lowest BCUT2D eigenvalue weighted by atomic mass is 10.1. The standard InChI is InChI=1S/C15H15BrN2OS/c1-10-9-18(15(19)13-6-7-14(16)20-13)12-5-3-2-4-11(12)8-17-10/h2-7,10,17H,8-9H2,1H3. The maximum absolute atomic E-state index is 12.8. The molecule has 104 valence electrons. The number of hydrogen-bond donors (Lipinski definition) is 1. The minimum atomic E-state index is 0.0729. The number of benzene rings is 1. The normalized spacial score (nSPS) is 18.5. The van der Waals surface area contributed by atoms with E-state index in [0.717, 1.165) is 20.9 Å². The van der Waals surface area contributed by atoms with Gasteiger partial charge in [-0.15, -0.1) is 11.3 Å². The number of carbonyl (C=O) groups is 1. The molecule has 1 aliphatic heterocycles. The van der Waals surface area contributed by atoms with E-state index in [4.69, 9.17) is 0 Å². The second-order valence-electron chi connectivity index (χ2n) is 4.93. The summed E-state index contributed by atoms with van der Waals surface area (Å²) in [5, 5.41) is 3.44. The smallest absolute Gasteiger partial charge is 0.268 e. The summed E-state index contributed by atoms with van der Waals surface area (Å²) in [6, 6.07) is 12.2. The molecule has 0 radical (unpaired) electrons. The highest BCUT2D eigenvalue weighted by Gasteiger charge is 2.25. The number of hydrogen-bond acceptors (Lipinski definition) is 3. The van der Waals surface area contributed by atoms with Crippen LogP contribution in [0.5, 0.6) is 0 Å². The highest BCUT2D eigenvalue weighted by atomic mass is 79.9.